The second-order valence-corrected chi connectivity index (χ2v) is 8.11. The lowest BCUT2D eigenvalue weighted by Crippen LogP contribution is -2.35. The lowest BCUT2D eigenvalue weighted by Gasteiger charge is -2.30. The molecule has 0 radical (unpaired) electrons. The van der Waals surface area contributed by atoms with E-state index in [1.807, 2.05) is 55.5 Å². The quantitative estimate of drug-likeness (QED) is 0.265. The van der Waals surface area contributed by atoms with Crippen LogP contribution in [0.4, 0.5) is 11.4 Å². The molecule has 0 bridgehead atoms. The summed E-state index contributed by atoms with van der Waals surface area (Å²) in [5.41, 5.74) is 1.98. The monoisotopic (exact) mass is 438 g/mol. The highest BCUT2D eigenvalue weighted by molar-refractivity contribution is 8.00. The normalized spacial score (nSPS) is 11.5. The second-order valence-electron chi connectivity index (χ2n) is 6.80. The summed E-state index contributed by atoms with van der Waals surface area (Å²) in [5, 5.41) is 2.85. The molecule has 1 unspecified atom stereocenters. The first kappa shape index (κ1) is 21.9. The summed E-state index contributed by atoms with van der Waals surface area (Å²) in [6.45, 7) is 2.38. The Bertz CT molecular complexity index is 1060. The smallest absolute Gasteiger partial charge is 0.307 e. The van der Waals surface area contributed by atoms with Crippen LogP contribution in [0.15, 0.2) is 65.6 Å². The molecule has 0 saturated carbocycles. The first-order chi connectivity index (χ1) is 14.5. The van der Waals surface area contributed by atoms with Crippen LogP contribution in [-0.2, 0) is 9.53 Å². The average Bonchev–Trinajstić information content (AvgIpc) is 2.77. The van der Waals surface area contributed by atoms with Crippen LogP contribution in [0.3, 0.4) is 0 Å². The Morgan fingerprint density at radius 1 is 1.17 bits per heavy atom. The van der Waals surface area contributed by atoms with E-state index in [0.717, 1.165) is 27.0 Å². The van der Waals surface area contributed by atoms with Gasteiger partial charge in [-0.2, -0.15) is 0 Å². The Hall–Kier alpha value is -2.81. The van der Waals surface area contributed by atoms with Crippen LogP contribution in [0.25, 0.3) is 10.8 Å². The van der Waals surface area contributed by atoms with Gasteiger partial charge in [-0.25, -0.2) is 0 Å². The van der Waals surface area contributed by atoms with E-state index in [4.69, 9.17) is 22.8 Å². The van der Waals surface area contributed by atoms with E-state index in [-0.39, 0.29) is 18.4 Å². The number of esters is 1. The van der Waals surface area contributed by atoms with Crippen LogP contribution in [0.2, 0.25) is 5.02 Å². The van der Waals surface area contributed by atoms with Gasteiger partial charge >= 0.3 is 5.97 Å². The third-order valence-corrected chi connectivity index (χ3v) is 5.87. The maximum Gasteiger partial charge on any atom is 0.307 e. The number of methoxy groups -OCH3 is 1. The number of carbonyl (C=O) groups excluding carboxylic acids is 1. The number of ether oxygens (including phenoxy) is 1. The molecule has 0 aliphatic rings. The van der Waals surface area contributed by atoms with E-state index in [1.165, 1.54) is 19.1 Å². The van der Waals surface area contributed by atoms with Crippen LogP contribution >= 0.6 is 23.5 Å². The van der Waals surface area contributed by atoms with Crippen molar-refractivity contribution in [2.75, 3.05) is 23.3 Å². The van der Waals surface area contributed by atoms with Gasteiger partial charge in [-0.05, 0) is 55.3 Å². The standard InChI is InChI=1S/C24H23ClN2O2S/c1-4-15-27(17(2)16-24(28)29-3)23-14-13-22(20-7-5-6-8-21(20)23)26-30-19-11-9-18(25)10-12-19/h1,5-14,17,26H,15-16H2,2-3H3. The van der Waals surface area contributed by atoms with Gasteiger partial charge in [0.25, 0.3) is 0 Å². The summed E-state index contributed by atoms with van der Waals surface area (Å²) in [4.78, 5) is 14.9. The molecule has 0 aromatic heterocycles. The fourth-order valence-electron chi connectivity index (χ4n) is 3.25. The van der Waals surface area contributed by atoms with E-state index in [2.05, 4.69) is 27.7 Å². The lowest BCUT2D eigenvalue weighted by molar-refractivity contribution is -0.140. The van der Waals surface area contributed by atoms with Crippen molar-refractivity contribution in [3.63, 3.8) is 0 Å². The van der Waals surface area contributed by atoms with Crippen molar-refractivity contribution in [1.82, 2.24) is 0 Å². The first-order valence-corrected chi connectivity index (χ1v) is 10.7. The molecule has 0 fully saturated rings. The highest BCUT2D eigenvalue weighted by Gasteiger charge is 2.20. The summed E-state index contributed by atoms with van der Waals surface area (Å²) < 4.78 is 8.27. The molecule has 4 nitrogen and oxygen atoms in total. The molecule has 6 heteroatoms. The molecule has 0 spiro atoms. The average molecular weight is 439 g/mol. The zero-order valence-corrected chi connectivity index (χ0v) is 18.5. The molecule has 154 valence electrons. The van der Waals surface area contributed by atoms with Crippen LogP contribution in [0.5, 0.6) is 0 Å². The van der Waals surface area contributed by atoms with Crippen molar-refractivity contribution in [1.29, 1.82) is 0 Å². The minimum absolute atomic E-state index is 0.0980. The van der Waals surface area contributed by atoms with Crippen molar-refractivity contribution in [3.05, 3.63) is 65.7 Å². The van der Waals surface area contributed by atoms with Crippen LogP contribution < -0.4 is 9.62 Å². The number of nitrogens with zero attached hydrogens (tertiary/aromatic N) is 1. The molecular weight excluding hydrogens is 416 g/mol. The van der Waals surface area contributed by atoms with Crippen molar-refractivity contribution < 1.29 is 9.53 Å². The number of hydrogen-bond acceptors (Lipinski definition) is 5. The maximum atomic E-state index is 11.8. The predicted octanol–water partition coefficient (Wildman–Crippen LogP) is 6.00. The molecule has 3 aromatic carbocycles. The molecule has 0 aliphatic heterocycles. The Morgan fingerprint density at radius 2 is 1.87 bits per heavy atom. The largest absolute Gasteiger partial charge is 0.469 e. The Morgan fingerprint density at radius 3 is 2.53 bits per heavy atom. The Kier molecular flexibility index (Phi) is 7.51. The Balaban J connectivity index is 1.92. The van der Waals surface area contributed by atoms with Gasteiger partial charge in [-0.1, -0.05) is 41.8 Å². The number of rotatable bonds is 8. The number of anilines is 2. The molecule has 1 atom stereocenters. The summed E-state index contributed by atoms with van der Waals surface area (Å²) in [6, 6.07) is 19.8. The second kappa shape index (κ2) is 10.3. The first-order valence-electron chi connectivity index (χ1n) is 9.50. The molecule has 3 aromatic rings. The van der Waals surface area contributed by atoms with Gasteiger partial charge in [0.05, 0.1) is 25.8 Å². The van der Waals surface area contributed by atoms with Crippen LogP contribution in [-0.4, -0.2) is 25.7 Å². The number of benzene rings is 3. The molecule has 0 heterocycles. The number of nitrogens with one attached hydrogen (secondary N) is 1. The van der Waals surface area contributed by atoms with Gasteiger partial charge < -0.3 is 14.4 Å². The summed E-state index contributed by atoms with van der Waals surface area (Å²) in [6.07, 6.45) is 5.89. The fraction of sp³-hybridized carbons (Fsp3) is 0.208. The molecule has 30 heavy (non-hydrogen) atoms. The molecule has 0 saturated heterocycles. The van der Waals surface area contributed by atoms with Crippen LogP contribution in [0.1, 0.15) is 13.3 Å². The van der Waals surface area contributed by atoms with Crippen LogP contribution in [0, 0.1) is 12.3 Å². The van der Waals surface area contributed by atoms with E-state index in [9.17, 15) is 4.79 Å². The summed E-state index contributed by atoms with van der Waals surface area (Å²) >= 11 is 7.49. The topological polar surface area (TPSA) is 41.6 Å². The number of carbonyl (C=O) groups is 1. The van der Waals surface area contributed by atoms with Gasteiger partial charge in [0.15, 0.2) is 0 Å². The number of hydrogen-bond donors (Lipinski definition) is 1. The number of fused-ring (bicyclic) bond motifs is 1. The van der Waals surface area contributed by atoms with Gasteiger partial charge in [-0.15, -0.1) is 6.42 Å². The SMILES string of the molecule is C#CCN(c1ccc(NSc2ccc(Cl)cc2)c2ccccc12)C(C)CC(=O)OC. The minimum atomic E-state index is -0.258. The summed E-state index contributed by atoms with van der Waals surface area (Å²) in [5.74, 6) is 2.45. The van der Waals surface area contributed by atoms with E-state index >= 15 is 0 Å². The molecule has 1 N–H and O–H groups in total. The lowest BCUT2D eigenvalue weighted by atomic mass is 10.0. The highest BCUT2D eigenvalue weighted by atomic mass is 35.5. The van der Waals surface area contributed by atoms with Crippen molar-refractivity contribution >= 4 is 51.7 Å². The van der Waals surface area contributed by atoms with Gasteiger partial charge in [0, 0.05) is 32.4 Å². The summed E-state index contributed by atoms with van der Waals surface area (Å²) in [7, 11) is 1.40. The Labute approximate surface area is 186 Å². The number of terminal acetylenes is 1. The molecule has 3 rings (SSSR count). The third-order valence-electron chi connectivity index (χ3n) is 4.79. The zero-order valence-electron chi connectivity index (χ0n) is 16.9. The number of halogens is 1. The molecule has 0 amide bonds. The van der Waals surface area contributed by atoms with Crippen molar-refractivity contribution in [2.45, 2.75) is 24.3 Å². The van der Waals surface area contributed by atoms with Gasteiger partial charge in [0.1, 0.15) is 0 Å². The van der Waals surface area contributed by atoms with E-state index < -0.39 is 0 Å². The predicted molar refractivity (Wildman–Crippen MR) is 127 cm³/mol. The minimum Gasteiger partial charge on any atom is -0.469 e. The maximum absolute atomic E-state index is 11.8. The highest BCUT2D eigenvalue weighted by Crippen LogP contribution is 2.35. The zero-order chi connectivity index (χ0) is 21.5. The van der Waals surface area contributed by atoms with Gasteiger partial charge in [0.2, 0.25) is 0 Å². The third kappa shape index (κ3) is 5.21. The van der Waals surface area contributed by atoms with Crippen molar-refractivity contribution in [3.8, 4) is 12.3 Å². The van der Waals surface area contributed by atoms with E-state index in [0.29, 0.717) is 11.6 Å². The molecule has 0 aliphatic carbocycles. The van der Waals surface area contributed by atoms with E-state index in [1.54, 1.807) is 0 Å². The van der Waals surface area contributed by atoms with Crippen molar-refractivity contribution in [2.24, 2.45) is 0 Å². The fourth-order valence-corrected chi connectivity index (χ4v) is 4.05. The van der Waals surface area contributed by atoms with Gasteiger partial charge in [-0.3, -0.25) is 4.79 Å². The molecular formula is C24H23ClN2O2S.